The number of phenolic OH excluding ortho intramolecular Hbond substituents is 1. The number of carbonyl (C=O) groups is 1. The summed E-state index contributed by atoms with van der Waals surface area (Å²) in [6, 6.07) is 20.4. The number of ketones is 1. The third kappa shape index (κ3) is 6.03. The Kier molecular flexibility index (Phi) is 8.11. The van der Waals surface area contributed by atoms with Crippen LogP contribution in [0.25, 0.3) is 11.1 Å². The van der Waals surface area contributed by atoms with E-state index >= 15 is 0 Å². The van der Waals surface area contributed by atoms with Crippen LogP contribution in [0.4, 0.5) is 4.39 Å². The van der Waals surface area contributed by atoms with Crippen molar-refractivity contribution < 1.29 is 23.8 Å². The Hall–Kier alpha value is -3.64. The smallest absolute Gasteiger partial charge is 0.173 e. The lowest BCUT2D eigenvalue weighted by atomic mass is 9.86. The lowest BCUT2D eigenvalue weighted by Crippen LogP contribution is -2.26. The number of likely N-dealkylation sites (tertiary alicyclic amines) is 1. The molecule has 6 rings (SSSR count). The summed E-state index contributed by atoms with van der Waals surface area (Å²) >= 11 is 0. The number of aryl methyl sites for hydroxylation is 1. The summed E-state index contributed by atoms with van der Waals surface area (Å²) in [4.78, 5) is 14.6. The maximum absolute atomic E-state index is 12.6. The van der Waals surface area contributed by atoms with Gasteiger partial charge < -0.3 is 14.6 Å². The van der Waals surface area contributed by atoms with Crippen LogP contribution in [-0.4, -0.2) is 54.8 Å². The van der Waals surface area contributed by atoms with Crippen LogP contribution in [0, 0.1) is 5.92 Å². The molecule has 0 spiro atoms. The van der Waals surface area contributed by atoms with Crippen molar-refractivity contribution in [3.63, 3.8) is 0 Å². The van der Waals surface area contributed by atoms with Gasteiger partial charge in [-0.25, -0.2) is 0 Å². The highest BCUT2D eigenvalue weighted by atomic mass is 19.1. The Bertz CT molecular complexity index is 1450. The molecule has 2 atom stereocenters. The number of hydrogen-bond acceptors (Lipinski definition) is 5. The zero-order chi connectivity index (χ0) is 28.3. The molecule has 3 aromatic carbocycles. The number of ether oxygens (including phenoxy) is 2. The molecular weight excluding hydrogens is 517 g/mol. The van der Waals surface area contributed by atoms with E-state index in [0.29, 0.717) is 12.8 Å². The number of phenols is 1. The molecule has 1 aliphatic carbocycles. The highest BCUT2D eigenvalue weighted by Crippen LogP contribution is 2.42. The predicted octanol–water partition coefficient (Wildman–Crippen LogP) is 6.64. The monoisotopic (exact) mass is 555 g/mol. The van der Waals surface area contributed by atoms with E-state index in [0.717, 1.165) is 84.6 Å². The molecule has 1 saturated heterocycles. The fourth-order valence-electron chi connectivity index (χ4n) is 6.47. The van der Waals surface area contributed by atoms with Gasteiger partial charge in [0.2, 0.25) is 0 Å². The Balaban J connectivity index is 1.35. The molecule has 0 bridgehead atoms. The maximum Gasteiger partial charge on any atom is 0.173 e. The number of Topliss-reactive ketones (excluding diaryl/α,β-unsaturated/α-hetero) is 1. The summed E-state index contributed by atoms with van der Waals surface area (Å²) in [5, 5.41) is 10.3. The molecule has 41 heavy (non-hydrogen) atoms. The zero-order valence-corrected chi connectivity index (χ0v) is 23.7. The van der Waals surface area contributed by atoms with Gasteiger partial charge in [0.15, 0.2) is 5.78 Å². The molecule has 1 N–H and O–H groups in total. The van der Waals surface area contributed by atoms with Crippen LogP contribution in [0.1, 0.15) is 60.4 Å². The minimum atomic E-state index is -0.276. The van der Waals surface area contributed by atoms with Gasteiger partial charge in [-0.3, -0.25) is 14.1 Å². The van der Waals surface area contributed by atoms with Gasteiger partial charge >= 0.3 is 0 Å². The number of aromatic hydroxyl groups is 1. The second-order valence-electron chi connectivity index (χ2n) is 11.6. The van der Waals surface area contributed by atoms with Crippen molar-refractivity contribution in [3.8, 4) is 17.2 Å². The van der Waals surface area contributed by atoms with Gasteiger partial charge in [0.05, 0.1) is 6.67 Å². The van der Waals surface area contributed by atoms with Crippen molar-refractivity contribution in [2.24, 2.45) is 5.92 Å². The SMILES string of the molecule is CC1Cc2cc(C3=C(c4ccc(OC5CCN(CCCF)C5)cc4)c4ccc(O)cc4CCC3)ccc2OCC1=O. The zero-order valence-electron chi connectivity index (χ0n) is 23.7. The number of hydrogen-bond donors (Lipinski definition) is 1. The standard InChI is InChI=1S/C35H38FNO4/c1-23-18-27-19-26(8-13-34(27)40-22-33(23)39)31-5-2-4-25-20-28(38)9-12-32(25)35(31)24-6-10-29(11-7-24)41-30-14-17-37(21-30)16-3-15-36/h6-13,19-20,23,30,38H,2-5,14-18,21-22H2,1H3. The van der Waals surface area contributed by atoms with Crippen LogP contribution in [0.5, 0.6) is 17.2 Å². The second kappa shape index (κ2) is 12.1. The van der Waals surface area contributed by atoms with Crippen LogP contribution in [0.2, 0.25) is 0 Å². The molecule has 2 heterocycles. The molecule has 0 radical (unpaired) electrons. The first-order valence-corrected chi connectivity index (χ1v) is 14.9. The first kappa shape index (κ1) is 27.5. The van der Waals surface area contributed by atoms with Crippen molar-refractivity contribution >= 4 is 16.9 Å². The van der Waals surface area contributed by atoms with Crippen molar-refractivity contribution in [1.82, 2.24) is 4.90 Å². The Morgan fingerprint density at radius 1 is 1.02 bits per heavy atom. The van der Waals surface area contributed by atoms with Gasteiger partial charge in [-0.1, -0.05) is 31.2 Å². The van der Waals surface area contributed by atoms with Gasteiger partial charge in [-0.15, -0.1) is 0 Å². The summed E-state index contributed by atoms with van der Waals surface area (Å²) in [7, 11) is 0. The number of rotatable bonds is 7. The largest absolute Gasteiger partial charge is 0.508 e. The van der Waals surface area contributed by atoms with Crippen LogP contribution in [0.15, 0.2) is 60.7 Å². The highest BCUT2D eigenvalue weighted by molar-refractivity contribution is 6.00. The third-order valence-corrected chi connectivity index (χ3v) is 8.67. The van der Waals surface area contributed by atoms with Gasteiger partial charge in [0.1, 0.15) is 30.0 Å². The molecule has 0 saturated carbocycles. The number of benzene rings is 3. The third-order valence-electron chi connectivity index (χ3n) is 8.67. The lowest BCUT2D eigenvalue weighted by Gasteiger charge is -2.19. The summed E-state index contributed by atoms with van der Waals surface area (Å²) in [6.07, 6.45) is 5.07. The molecule has 214 valence electrons. The summed E-state index contributed by atoms with van der Waals surface area (Å²) < 4.78 is 24.7. The van der Waals surface area contributed by atoms with E-state index in [2.05, 4.69) is 29.2 Å². The van der Waals surface area contributed by atoms with Gasteiger partial charge in [-0.2, -0.15) is 0 Å². The second-order valence-corrected chi connectivity index (χ2v) is 11.6. The molecule has 0 amide bonds. The highest BCUT2D eigenvalue weighted by Gasteiger charge is 2.26. The molecule has 2 unspecified atom stereocenters. The van der Waals surface area contributed by atoms with Crippen molar-refractivity contribution in [3.05, 3.63) is 88.5 Å². The molecule has 0 aromatic heterocycles. The average molecular weight is 556 g/mol. The quantitative estimate of drug-likeness (QED) is 0.354. The molecule has 2 aliphatic heterocycles. The number of carbonyl (C=O) groups excluding carboxylic acids is 1. The van der Waals surface area contributed by atoms with Crippen LogP contribution < -0.4 is 9.47 Å². The van der Waals surface area contributed by atoms with E-state index in [9.17, 15) is 14.3 Å². The fraction of sp³-hybridized carbons (Fsp3) is 0.400. The summed E-state index contributed by atoms with van der Waals surface area (Å²) in [5.41, 5.74) is 8.03. The molecule has 1 fully saturated rings. The summed E-state index contributed by atoms with van der Waals surface area (Å²) in [5.74, 6) is 1.99. The predicted molar refractivity (Wildman–Crippen MR) is 159 cm³/mol. The Labute approximate surface area is 241 Å². The van der Waals surface area contributed by atoms with Gasteiger partial charge in [0.25, 0.3) is 0 Å². The van der Waals surface area contributed by atoms with Gasteiger partial charge in [-0.05, 0) is 114 Å². The molecule has 6 heteroatoms. The maximum atomic E-state index is 12.6. The van der Waals surface area contributed by atoms with E-state index in [1.807, 2.05) is 37.3 Å². The minimum Gasteiger partial charge on any atom is -0.508 e. The van der Waals surface area contributed by atoms with Crippen LogP contribution in [-0.2, 0) is 17.6 Å². The number of halogens is 1. The normalized spacial score (nSPS) is 21.1. The van der Waals surface area contributed by atoms with E-state index in [4.69, 9.17) is 9.47 Å². The van der Waals surface area contributed by atoms with Crippen LogP contribution in [0.3, 0.4) is 0 Å². The Morgan fingerprint density at radius 3 is 2.68 bits per heavy atom. The van der Waals surface area contributed by atoms with Gasteiger partial charge in [0, 0.05) is 25.6 Å². The topological polar surface area (TPSA) is 59.0 Å². The number of alkyl halides is 1. The molecule has 3 aromatic rings. The fourth-order valence-corrected chi connectivity index (χ4v) is 6.47. The summed E-state index contributed by atoms with van der Waals surface area (Å²) in [6.45, 7) is 4.39. The van der Waals surface area contributed by atoms with E-state index in [1.165, 1.54) is 11.1 Å². The van der Waals surface area contributed by atoms with Crippen LogP contribution >= 0.6 is 0 Å². The number of fused-ring (bicyclic) bond motifs is 2. The van der Waals surface area contributed by atoms with Crippen molar-refractivity contribution in [2.75, 3.05) is 32.9 Å². The van der Waals surface area contributed by atoms with Crippen molar-refractivity contribution in [1.29, 1.82) is 0 Å². The minimum absolute atomic E-state index is 0.0685. The number of nitrogens with zero attached hydrogens (tertiary/aromatic N) is 1. The van der Waals surface area contributed by atoms with E-state index < -0.39 is 0 Å². The van der Waals surface area contributed by atoms with E-state index in [-0.39, 0.29) is 36.8 Å². The number of allylic oxidation sites excluding steroid dienone is 1. The lowest BCUT2D eigenvalue weighted by molar-refractivity contribution is -0.123. The Morgan fingerprint density at radius 2 is 1.85 bits per heavy atom. The van der Waals surface area contributed by atoms with E-state index in [1.54, 1.807) is 6.07 Å². The van der Waals surface area contributed by atoms with Crippen molar-refractivity contribution in [2.45, 2.75) is 51.6 Å². The average Bonchev–Trinajstić information content (AvgIpc) is 3.26. The first-order chi connectivity index (χ1) is 20.0. The molecule has 5 nitrogen and oxygen atoms in total. The first-order valence-electron chi connectivity index (χ1n) is 14.9. The molecule has 3 aliphatic rings. The molecular formula is C35H38FNO4.